The molecule has 0 atom stereocenters. The quantitative estimate of drug-likeness (QED) is 0.534. The van der Waals surface area contributed by atoms with E-state index in [0.717, 1.165) is 5.56 Å². The Hall–Kier alpha value is -2.95. The molecular weight excluding hydrogens is 294 g/mol. The van der Waals surface area contributed by atoms with Gasteiger partial charge in [-0.25, -0.2) is 4.79 Å². The van der Waals surface area contributed by atoms with Crippen LogP contribution in [-0.2, 0) is 4.79 Å². The summed E-state index contributed by atoms with van der Waals surface area (Å²) in [6, 6.07) is 11.5. The molecule has 0 saturated carbocycles. The highest BCUT2D eigenvalue weighted by Gasteiger charge is 2.13. The first-order valence-electron chi connectivity index (χ1n) is 7.08. The largest absolute Gasteiger partial charge is 0.423 e. The van der Waals surface area contributed by atoms with E-state index < -0.39 is 5.97 Å². The van der Waals surface area contributed by atoms with Crippen molar-refractivity contribution in [3.8, 4) is 5.75 Å². The van der Waals surface area contributed by atoms with Crippen LogP contribution in [0.25, 0.3) is 0 Å². The molecule has 0 saturated heterocycles. The summed E-state index contributed by atoms with van der Waals surface area (Å²) in [6.45, 7) is 4.66. The SMILES string of the molecule is CC(=O)Nc1ccc(OC(=O)c2ccc(C)cc2)cc1C(C)=O. The molecule has 1 N–H and O–H groups in total. The maximum absolute atomic E-state index is 12.1. The number of amides is 1. The van der Waals surface area contributed by atoms with Crippen LogP contribution in [-0.4, -0.2) is 17.7 Å². The number of esters is 1. The second-order valence-electron chi connectivity index (χ2n) is 5.20. The summed E-state index contributed by atoms with van der Waals surface area (Å²) in [5.74, 6) is -0.777. The van der Waals surface area contributed by atoms with E-state index >= 15 is 0 Å². The minimum atomic E-state index is -0.508. The molecule has 0 bridgehead atoms. The van der Waals surface area contributed by atoms with Crippen LogP contribution in [0.15, 0.2) is 42.5 Å². The van der Waals surface area contributed by atoms with E-state index in [4.69, 9.17) is 4.74 Å². The van der Waals surface area contributed by atoms with Gasteiger partial charge in [0.1, 0.15) is 5.75 Å². The molecule has 0 spiro atoms. The second kappa shape index (κ2) is 6.87. The third kappa shape index (κ3) is 4.26. The van der Waals surface area contributed by atoms with Crippen LogP contribution in [0.1, 0.15) is 40.1 Å². The number of carbonyl (C=O) groups excluding carboxylic acids is 3. The standard InChI is InChI=1S/C18H17NO4/c1-11-4-6-14(7-5-11)18(22)23-15-8-9-17(19-13(3)21)16(10-15)12(2)20/h4-10H,1-3H3,(H,19,21). The number of nitrogens with one attached hydrogen (secondary N) is 1. The van der Waals surface area contributed by atoms with Gasteiger partial charge in [-0.3, -0.25) is 9.59 Å². The monoisotopic (exact) mass is 311 g/mol. The van der Waals surface area contributed by atoms with Crippen LogP contribution in [0.5, 0.6) is 5.75 Å². The Labute approximate surface area is 134 Å². The fourth-order valence-electron chi connectivity index (χ4n) is 2.03. The molecule has 0 fully saturated rings. The van der Waals surface area contributed by atoms with E-state index in [1.54, 1.807) is 12.1 Å². The highest BCUT2D eigenvalue weighted by Crippen LogP contribution is 2.23. The van der Waals surface area contributed by atoms with Gasteiger partial charge in [-0.2, -0.15) is 0 Å². The molecule has 0 aliphatic heterocycles. The van der Waals surface area contributed by atoms with E-state index in [1.165, 1.54) is 32.0 Å². The van der Waals surface area contributed by atoms with Gasteiger partial charge < -0.3 is 10.1 Å². The summed E-state index contributed by atoms with van der Waals surface area (Å²) in [7, 11) is 0. The summed E-state index contributed by atoms with van der Waals surface area (Å²) in [4.78, 5) is 34.9. The predicted octanol–water partition coefficient (Wildman–Crippen LogP) is 3.38. The van der Waals surface area contributed by atoms with Gasteiger partial charge in [0, 0.05) is 12.5 Å². The lowest BCUT2D eigenvalue weighted by Crippen LogP contribution is -2.12. The van der Waals surface area contributed by atoms with Crippen molar-refractivity contribution >= 4 is 23.3 Å². The second-order valence-corrected chi connectivity index (χ2v) is 5.20. The fraction of sp³-hybridized carbons (Fsp3) is 0.167. The summed E-state index contributed by atoms with van der Waals surface area (Å²) < 4.78 is 5.29. The lowest BCUT2D eigenvalue weighted by atomic mass is 10.1. The highest BCUT2D eigenvalue weighted by molar-refractivity contribution is 6.04. The molecule has 5 nitrogen and oxygen atoms in total. The number of anilines is 1. The molecule has 0 unspecified atom stereocenters. The molecule has 118 valence electrons. The first-order chi connectivity index (χ1) is 10.9. The zero-order chi connectivity index (χ0) is 17.0. The van der Waals surface area contributed by atoms with Crippen LogP contribution in [0.2, 0.25) is 0 Å². The number of hydrogen-bond donors (Lipinski definition) is 1. The number of ketones is 1. The van der Waals surface area contributed by atoms with E-state index in [2.05, 4.69) is 5.32 Å². The number of Topliss-reactive ketones (excluding diaryl/α,β-unsaturated/α-hetero) is 1. The van der Waals surface area contributed by atoms with Crippen molar-refractivity contribution in [1.29, 1.82) is 0 Å². The molecule has 5 heteroatoms. The number of aryl methyl sites for hydroxylation is 1. The number of ether oxygens (including phenoxy) is 1. The van der Waals surface area contributed by atoms with Gasteiger partial charge >= 0.3 is 5.97 Å². The Bertz CT molecular complexity index is 763. The summed E-state index contributed by atoms with van der Waals surface area (Å²) >= 11 is 0. The van der Waals surface area contributed by atoms with Crippen molar-refractivity contribution in [2.24, 2.45) is 0 Å². The third-order valence-corrected chi connectivity index (χ3v) is 3.18. The van der Waals surface area contributed by atoms with Crippen LogP contribution in [0.4, 0.5) is 5.69 Å². The van der Waals surface area contributed by atoms with Crippen molar-refractivity contribution in [2.45, 2.75) is 20.8 Å². The van der Waals surface area contributed by atoms with Gasteiger partial charge in [0.15, 0.2) is 5.78 Å². The first-order valence-corrected chi connectivity index (χ1v) is 7.08. The summed E-state index contributed by atoms with van der Waals surface area (Å²) in [6.07, 6.45) is 0. The van der Waals surface area contributed by atoms with Gasteiger partial charge in [0.25, 0.3) is 0 Å². The molecule has 0 heterocycles. The Morgan fingerprint density at radius 1 is 0.957 bits per heavy atom. The average molecular weight is 311 g/mol. The third-order valence-electron chi connectivity index (χ3n) is 3.18. The van der Waals surface area contributed by atoms with Crippen LogP contribution in [0.3, 0.4) is 0 Å². The lowest BCUT2D eigenvalue weighted by Gasteiger charge is -2.10. The summed E-state index contributed by atoms with van der Waals surface area (Å²) in [5.41, 5.74) is 2.14. The van der Waals surface area contributed by atoms with Gasteiger partial charge in [-0.05, 0) is 44.2 Å². The van der Waals surface area contributed by atoms with Gasteiger partial charge in [0.05, 0.1) is 11.3 Å². The Morgan fingerprint density at radius 3 is 2.17 bits per heavy atom. The molecule has 0 aliphatic carbocycles. The van der Waals surface area contributed by atoms with Crippen molar-refractivity contribution < 1.29 is 19.1 Å². The maximum Gasteiger partial charge on any atom is 0.343 e. The lowest BCUT2D eigenvalue weighted by molar-refractivity contribution is -0.114. The number of hydrogen-bond acceptors (Lipinski definition) is 4. The van der Waals surface area contributed by atoms with Crippen molar-refractivity contribution in [3.63, 3.8) is 0 Å². The number of rotatable bonds is 4. The zero-order valence-electron chi connectivity index (χ0n) is 13.2. The average Bonchev–Trinajstić information content (AvgIpc) is 2.48. The highest BCUT2D eigenvalue weighted by atomic mass is 16.5. The number of benzene rings is 2. The minimum absolute atomic E-state index is 0.234. The predicted molar refractivity (Wildman–Crippen MR) is 86.9 cm³/mol. The molecular formula is C18H17NO4. The molecule has 0 aromatic heterocycles. The van der Waals surface area contributed by atoms with E-state index in [1.807, 2.05) is 19.1 Å². The van der Waals surface area contributed by atoms with E-state index in [9.17, 15) is 14.4 Å². The molecule has 2 rings (SSSR count). The molecule has 1 amide bonds. The molecule has 2 aromatic rings. The van der Waals surface area contributed by atoms with Crippen LogP contribution in [0, 0.1) is 6.92 Å². The fourth-order valence-corrected chi connectivity index (χ4v) is 2.03. The molecule has 2 aromatic carbocycles. The van der Waals surface area contributed by atoms with Gasteiger partial charge in [-0.1, -0.05) is 17.7 Å². The van der Waals surface area contributed by atoms with Gasteiger partial charge in [0.2, 0.25) is 5.91 Å². The normalized spacial score (nSPS) is 10.0. The topological polar surface area (TPSA) is 72.5 Å². The van der Waals surface area contributed by atoms with Crippen molar-refractivity contribution in [3.05, 3.63) is 59.2 Å². The van der Waals surface area contributed by atoms with E-state index in [-0.39, 0.29) is 23.0 Å². The van der Waals surface area contributed by atoms with E-state index in [0.29, 0.717) is 11.3 Å². The molecule has 0 radical (unpaired) electrons. The Kier molecular flexibility index (Phi) is 4.91. The zero-order valence-corrected chi connectivity index (χ0v) is 13.2. The minimum Gasteiger partial charge on any atom is -0.423 e. The van der Waals surface area contributed by atoms with Gasteiger partial charge in [-0.15, -0.1) is 0 Å². The Balaban J connectivity index is 2.24. The first kappa shape index (κ1) is 16.4. The van der Waals surface area contributed by atoms with Crippen LogP contribution >= 0.6 is 0 Å². The maximum atomic E-state index is 12.1. The molecule has 23 heavy (non-hydrogen) atoms. The smallest absolute Gasteiger partial charge is 0.343 e. The van der Waals surface area contributed by atoms with Crippen LogP contribution < -0.4 is 10.1 Å². The summed E-state index contributed by atoms with van der Waals surface area (Å²) in [5, 5.41) is 2.57. The number of carbonyl (C=O) groups is 3. The van der Waals surface area contributed by atoms with Crippen molar-refractivity contribution in [1.82, 2.24) is 0 Å². The van der Waals surface area contributed by atoms with Crippen molar-refractivity contribution in [2.75, 3.05) is 5.32 Å². The molecule has 0 aliphatic rings. The Morgan fingerprint density at radius 2 is 1.61 bits per heavy atom.